The lowest BCUT2D eigenvalue weighted by Crippen LogP contribution is -2.28. The van der Waals surface area contributed by atoms with Crippen LogP contribution in [0.1, 0.15) is 76.6 Å². The van der Waals surface area contributed by atoms with Crippen molar-refractivity contribution in [2.75, 3.05) is 20.6 Å². The minimum atomic E-state index is -0.624. The zero-order valence-corrected chi connectivity index (χ0v) is 24.6. The number of esters is 2. The van der Waals surface area contributed by atoms with Crippen molar-refractivity contribution in [1.82, 2.24) is 9.88 Å². The first kappa shape index (κ1) is 31.4. The lowest BCUT2D eigenvalue weighted by atomic mass is 9.98. The van der Waals surface area contributed by atoms with Crippen molar-refractivity contribution in [1.29, 1.82) is 0 Å². The maximum Gasteiger partial charge on any atom is 0.331 e. The molecule has 1 aromatic rings. The lowest BCUT2D eigenvalue weighted by Gasteiger charge is -2.18. The monoisotopic (exact) mass is 541 g/mol. The van der Waals surface area contributed by atoms with Crippen LogP contribution in [0.25, 0.3) is 0 Å². The minimum absolute atomic E-state index is 0.0370. The largest absolute Gasteiger partial charge is 0.462 e. The summed E-state index contributed by atoms with van der Waals surface area (Å²) in [5, 5.41) is 2.66. The molecular weight excluding hydrogens is 498 g/mol. The van der Waals surface area contributed by atoms with Crippen molar-refractivity contribution in [3.05, 3.63) is 75.3 Å². The van der Waals surface area contributed by atoms with Gasteiger partial charge in [-0.2, -0.15) is 0 Å². The van der Waals surface area contributed by atoms with Gasteiger partial charge in [-0.15, -0.1) is 11.3 Å². The maximum absolute atomic E-state index is 12.7. The molecule has 0 amide bonds. The van der Waals surface area contributed by atoms with Gasteiger partial charge >= 0.3 is 11.9 Å². The first-order valence-corrected chi connectivity index (χ1v) is 13.9. The van der Waals surface area contributed by atoms with Gasteiger partial charge in [0, 0.05) is 36.4 Å². The van der Waals surface area contributed by atoms with E-state index in [1.165, 1.54) is 17.4 Å². The van der Waals surface area contributed by atoms with Crippen LogP contribution in [0.4, 0.5) is 0 Å². The van der Waals surface area contributed by atoms with E-state index in [0.717, 1.165) is 29.0 Å². The second-order valence-corrected chi connectivity index (χ2v) is 11.3. The number of aromatic nitrogens is 1. The number of carbonyl (C=O) groups is 2. The highest BCUT2D eigenvalue weighted by molar-refractivity contribution is 7.09. The van der Waals surface area contributed by atoms with Crippen LogP contribution >= 0.6 is 11.3 Å². The van der Waals surface area contributed by atoms with E-state index in [4.69, 9.17) is 20.2 Å². The fraction of sp³-hybridized carbons (Fsp3) is 0.500. The second kappa shape index (κ2) is 15.6. The molecule has 0 spiro atoms. The highest BCUT2D eigenvalue weighted by Gasteiger charge is 2.22. The smallest absolute Gasteiger partial charge is 0.331 e. The third kappa shape index (κ3) is 11.7. The molecule has 4 atom stereocenters. The van der Waals surface area contributed by atoms with Crippen LogP contribution in [0.5, 0.6) is 0 Å². The minimum Gasteiger partial charge on any atom is -0.462 e. The van der Waals surface area contributed by atoms with Crippen molar-refractivity contribution >= 4 is 23.3 Å². The maximum atomic E-state index is 12.7. The molecule has 1 aliphatic rings. The molecule has 0 aliphatic carbocycles. The van der Waals surface area contributed by atoms with Gasteiger partial charge in [-0.1, -0.05) is 54.0 Å². The summed E-state index contributed by atoms with van der Waals surface area (Å²) < 4.78 is 11.4. The van der Waals surface area contributed by atoms with E-state index in [1.54, 1.807) is 6.08 Å². The Kier molecular flexibility index (Phi) is 12.9. The van der Waals surface area contributed by atoms with E-state index in [1.807, 2.05) is 65.4 Å². The predicted octanol–water partition coefficient (Wildman–Crippen LogP) is 5.79. The number of cyclic esters (lactones) is 2. The first-order chi connectivity index (χ1) is 17.9. The molecule has 8 heteroatoms. The van der Waals surface area contributed by atoms with Crippen LogP contribution in [0.3, 0.4) is 0 Å². The molecule has 2 N–H and O–H groups in total. The summed E-state index contributed by atoms with van der Waals surface area (Å²) in [4.78, 5) is 32.0. The summed E-state index contributed by atoms with van der Waals surface area (Å²) in [6.07, 6.45) is 13.4. The summed E-state index contributed by atoms with van der Waals surface area (Å²) in [5.41, 5.74) is 10.2. The number of allylic oxidation sites excluding steroid dienone is 6. The fourth-order valence-corrected chi connectivity index (χ4v) is 4.86. The normalized spacial score (nSPS) is 27.3. The standard InChI is InChI=1S/C30H43N3O4S/c1-20(13-14-33(6)7)11-12-22(3)16-27-30-32-26(19-38-30)23(4)17-25(31)18-29(35)36-24(5)15-21(2)9-8-10-28(34)37-27/h8-13,16,19,23-25,27H,14-15,17-18,31H2,1-7H3/b10-8+,12-11+,20-13-,21-9-,22-16+/t23?,24-,25?,27?/m0/s1. The van der Waals surface area contributed by atoms with Gasteiger partial charge in [0.1, 0.15) is 11.1 Å². The number of rotatable bonds is 5. The molecule has 7 nitrogen and oxygen atoms in total. The Bertz CT molecular complexity index is 1100. The predicted molar refractivity (Wildman–Crippen MR) is 155 cm³/mol. The van der Waals surface area contributed by atoms with Crippen LogP contribution in [-0.2, 0) is 19.1 Å². The molecule has 1 aromatic heterocycles. The quantitative estimate of drug-likeness (QED) is 0.373. The average molecular weight is 542 g/mol. The molecule has 2 rings (SSSR count). The number of thiazole rings is 1. The molecule has 38 heavy (non-hydrogen) atoms. The Balaban J connectivity index is 2.35. The summed E-state index contributed by atoms with van der Waals surface area (Å²) >= 11 is 1.45. The van der Waals surface area contributed by atoms with Crippen molar-refractivity contribution < 1.29 is 19.1 Å². The Morgan fingerprint density at radius 2 is 1.87 bits per heavy atom. The number of carbonyl (C=O) groups excluding carboxylic acids is 2. The molecule has 0 fully saturated rings. The van der Waals surface area contributed by atoms with Crippen LogP contribution < -0.4 is 5.73 Å². The molecule has 208 valence electrons. The first-order valence-electron chi connectivity index (χ1n) is 13.1. The molecule has 0 radical (unpaired) electrons. The number of hydrogen-bond acceptors (Lipinski definition) is 8. The number of nitrogens with zero attached hydrogens (tertiary/aromatic N) is 2. The molecule has 2 heterocycles. The van der Waals surface area contributed by atoms with Gasteiger partial charge in [0.15, 0.2) is 6.10 Å². The number of fused-ring (bicyclic) bond motifs is 2. The van der Waals surface area contributed by atoms with Gasteiger partial charge in [0.2, 0.25) is 0 Å². The summed E-state index contributed by atoms with van der Waals surface area (Å²) in [5.74, 6) is -0.721. The Labute approximate surface area is 231 Å². The van der Waals surface area contributed by atoms with Crippen molar-refractivity contribution in [3.8, 4) is 0 Å². The SMILES string of the molecule is CC(=C/CN(C)C)/C=C/C(C)=C/C1OC(=O)/C=C/C=C(/C)C[C@H](C)OC(=O)CC(N)CC(C)c2csc1n2. The molecule has 3 unspecified atom stereocenters. The third-order valence-corrected chi connectivity index (χ3v) is 6.90. The van der Waals surface area contributed by atoms with E-state index in [2.05, 4.69) is 24.0 Å². The molecule has 0 saturated heterocycles. The third-order valence-electron chi connectivity index (χ3n) is 5.97. The summed E-state index contributed by atoms with van der Waals surface area (Å²) in [6.45, 7) is 10.7. The highest BCUT2D eigenvalue weighted by Crippen LogP contribution is 2.30. The summed E-state index contributed by atoms with van der Waals surface area (Å²) in [7, 11) is 4.06. The van der Waals surface area contributed by atoms with Crippen LogP contribution in [0.15, 0.2) is 64.6 Å². The van der Waals surface area contributed by atoms with Crippen molar-refractivity contribution in [2.24, 2.45) is 5.73 Å². The summed E-state index contributed by atoms with van der Waals surface area (Å²) in [6, 6.07) is -0.335. The number of likely N-dealkylation sites (N-methyl/N-ethyl adjacent to an activating group) is 1. The van der Waals surface area contributed by atoms with Crippen LogP contribution in [0.2, 0.25) is 0 Å². The number of nitrogens with two attached hydrogens (primary N) is 1. The second-order valence-electron chi connectivity index (χ2n) is 10.4. The fourth-order valence-electron chi connectivity index (χ4n) is 3.93. The van der Waals surface area contributed by atoms with E-state index >= 15 is 0 Å². The zero-order valence-electron chi connectivity index (χ0n) is 23.8. The van der Waals surface area contributed by atoms with Gasteiger partial charge in [-0.3, -0.25) is 4.79 Å². The van der Waals surface area contributed by atoms with E-state index in [9.17, 15) is 9.59 Å². The van der Waals surface area contributed by atoms with Crippen molar-refractivity contribution in [3.63, 3.8) is 0 Å². The van der Waals surface area contributed by atoms with E-state index in [-0.39, 0.29) is 30.5 Å². The molecule has 1 aliphatic heterocycles. The highest BCUT2D eigenvalue weighted by atomic mass is 32.1. The average Bonchev–Trinajstić information content (AvgIpc) is 3.30. The van der Waals surface area contributed by atoms with Gasteiger partial charge in [0.05, 0.1) is 12.1 Å². The van der Waals surface area contributed by atoms with Crippen LogP contribution in [-0.4, -0.2) is 54.6 Å². The van der Waals surface area contributed by atoms with Gasteiger partial charge < -0.3 is 20.1 Å². The Morgan fingerprint density at radius 1 is 1.16 bits per heavy atom. The lowest BCUT2D eigenvalue weighted by molar-refractivity contribution is -0.148. The van der Waals surface area contributed by atoms with E-state index in [0.29, 0.717) is 17.8 Å². The van der Waals surface area contributed by atoms with Crippen molar-refractivity contribution in [2.45, 2.75) is 78.0 Å². The van der Waals surface area contributed by atoms with Crippen LogP contribution in [0, 0.1) is 0 Å². The Morgan fingerprint density at radius 3 is 2.58 bits per heavy atom. The van der Waals surface area contributed by atoms with Gasteiger partial charge in [-0.25, -0.2) is 9.78 Å². The van der Waals surface area contributed by atoms with Gasteiger partial charge in [-0.05, 0) is 54.3 Å². The molecule has 0 aromatic carbocycles. The zero-order chi connectivity index (χ0) is 28.2. The molecular formula is C30H43N3O4S. The molecule has 2 bridgehead atoms. The van der Waals surface area contributed by atoms with E-state index < -0.39 is 12.1 Å². The molecule has 0 saturated carbocycles. The topological polar surface area (TPSA) is 94.8 Å². The van der Waals surface area contributed by atoms with Gasteiger partial charge in [0.25, 0.3) is 0 Å². The number of ether oxygens (including phenoxy) is 2. The number of hydrogen-bond donors (Lipinski definition) is 1. The Hall–Kier alpha value is -2.81.